The van der Waals surface area contributed by atoms with Crippen molar-refractivity contribution in [2.75, 3.05) is 6.26 Å². The van der Waals surface area contributed by atoms with Gasteiger partial charge in [0, 0.05) is 11.3 Å². The number of carbonyl (C=O) groups is 1. The maximum absolute atomic E-state index is 10.2. The van der Waals surface area contributed by atoms with Gasteiger partial charge in [-0.2, -0.15) is 0 Å². The lowest BCUT2D eigenvalue weighted by Crippen LogP contribution is -1.87. The highest BCUT2D eigenvalue weighted by Gasteiger charge is 1.97. The summed E-state index contributed by atoms with van der Waals surface area (Å²) in [4.78, 5) is 11.5. The highest BCUT2D eigenvalue weighted by atomic mass is 32.2. The van der Waals surface area contributed by atoms with E-state index in [1.807, 2.05) is 6.07 Å². The molecule has 1 nitrogen and oxygen atoms in total. The smallest absolute Gasteiger partial charge is 0.124 e. The molecule has 2 heteroatoms. The summed E-state index contributed by atoms with van der Waals surface area (Å²) in [7, 11) is 0. The molecule has 64 valence electrons. The number of aldehydes is 1. The predicted octanol–water partition coefficient (Wildman–Crippen LogP) is 2.46. The summed E-state index contributed by atoms with van der Waals surface area (Å²) in [5, 5.41) is 0. The van der Waals surface area contributed by atoms with E-state index in [0.29, 0.717) is 6.42 Å². The van der Waals surface area contributed by atoms with Crippen molar-refractivity contribution in [1.82, 2.24) is 0 Å². The van der Waals surface area contributed by atoms with E-state index in [1.165, 1.54) is 10.5 Å². The van der Waals surface area contributed by atoms with Crippen molar-refractivity contribution in [1.29, 1.82) is 0 Å². The molecule has 0 aliphatic rings. The third-order valence-corrected chi connectivity index (χ3v) is 2.68. The molecule has 0 aromatic heterocycles. The largest absolute Gasteiger partial charge is 0.303 e. The molecule has 0 atom stereocenters. The molecular formula is C10H12OS. The molecule has 0 heterocycles. The monoisotopic (exact) mass is 180 g/mol. The Balaban J connectivity index is 2.93. The van der Waals surface area contributed by atoms with E-state index in [2.05, 4.69) is 25.3 Å². The lowest BCUT2D eigenvalue weighted by molar-refractivity contribution is -0.107. The third kappa shape index (κ3) is 2.11. The summed E-state index contributed by atoms with van der Waals surface area (Å²) in [6.45, 7) is 2.07. The van der Waals surface area contributed by atoms with Crippen LogP contribution in [0.5, 0.6) is 0 Å². The van der Waals surface area contributed by atoms with Crippen molar-refractivity contribution in [3.05, 3.63) is 29.3 Å². The molecule has 0 spiro atoms. The van der Waals surface area contributed by atoms with Crippen LogP contribution in [0, 0.1) is 6.92 Å². The molecule has 0 aliphatic heterocycles. The highest BCUT2D eigenvalue weighted by Crippen LogP contribution is 2.20. The Bertz CT molecular complexity index is 281. The minimum atomic E-state index is 0.523. The summed E-state index contributed by atoms with van der Waals surface area (Å²) in [5.41, 5.74) is 2.35. The van der Waals surface area contributed by atoms with Gasteiger partial charge in [0.25, 0.3) is 0 Å². The van der Waals surface area contributed by atoms with Crippen molar-refractivity contribution in [2.45, 2.75) is 18.2 Å². The van der Waals surface area contributed by atoms with Gasteiger partial charge in [0.05, 0.1) is 0 Å². The fraction of sp³-hybridized carbons (Fsp3) is 0.300. The zero-order valence-electron chi connectivity index (χ0n) is 7.33. The Morgan fingerprint density at radius 3 is 2.75 bits per heavy atom. The summed E-state index contributed by atoms with van der Waals surface area (Å²) >= 11 is 1.73. The van der Waals surface area contributed by atoms with Gasteiger partial charge in [-0.1, -0.05) is 12.1 Å². The van der Waals surface area contributed by atoms with Crippen molar-refractivity contribution in [2.24, 2.45) is 0 Å². The zero-order chi connectivity index (χ0) is 8.97. The number of hydrogen-bond donors (Lipinski definition) is 0. The van der Waals surface area contributed by atoms with Crippen LogP contribution in [-0.4, -0.2) is 12.5 Å². The summed E-state index contributed by atoms with van der Waals surface area (Å²) in [6, 6.07) is 6.15. The first-order chi connectivity index (χ1) is 5.77. The van der Waals surface area contributed by atoms with E-state index in [0.717, 1.165) is 11.8 Å². The normalized spacial score (nSPS) is 9.83. The molecule has 1 rings (SSSR count). The van der Waals surface area contributed by atoms with Crippen LogP contribution in [-0.2, 0) is 11.2 Å². The topological polar surface area (TPSA) is 17.1 Å². The summed E-state index contributed by atoms with van der Waals surface area (Å²) in [6.07, 6.45) is 3.52. The molecule has 0 saturated carbocycles. The fourth-order valence-corrected chi connectivity index (χ4v) is 1.75. The molecule has 12 heavy (non-hydrogen) atoms. The van der Waals surface area contributed by atoms with Gasteiger partial charge < -0.3 is 4.79 Å². The Kier molecular flexibility index (Phi) is 3.35. The number of carbonyl (C=O) groups excluding carboxylic acids is 1. The molecule has 0 bridgehead atoms. The van der Waals surface area contributed by atoms with Gasteiger partial charge in [-0.15, -0.1) is 11.8 Å². The van der Waals surface area contributed by atoms with Crippen molar-refractivity contribution in [3.8, 4) is 0 Å². The lowest BCUT2D eigenvalue weighted by Gasteiger charge is -2.03. The number of rotatable bonds is 3. The Hall–Kier alpha value is -0.760. The molecule has 0 radical (unpaired) electrons. The number of hydrogen-bond acceptors (Lipinski definition) is 2. The van der Waals surface area contributed by atoms with Crippen LogP contribution in [0.1, 0.15) is 11.1 Å². The average Bonchev–Trinajstić information content (AvgIpc) is 2.05. The Labute approximate surface area is 77.2 Å². The van der Waals surface area contributed by atoms with Gasteiger partial charge in [0.1, 0.15) is 6.29 Å². The molecule has 0 amide bonds. The van der Waals surface area contributed by atoms with Crippen molar-refractivity contribution in [3.63, 3.8) is 0 Å². The van der Waals surface area contributed by atoms with Crippen molar-refractivity contribution < 1.29 is 4.79 Å². The minimum Gasteiger partial charge on any atom is -0.303 e. The number of aryl methyl sites for hydroxylation is 1. The van der Waals surface area contributed by atoms with Crippen LogP contribution in [0.3, 0.4) is 0 Å². The van der Waals surface area contributed by atoms with E-state index in [9.17, 15) is 4.79 Å². The first-order valence-electron chi connectivity index (χ1n) is 3.85. The lowest BCUT2D eigenvalue weighted by atomic mass is 10.1. The van der Waals surface area contributed by atoms with E-state index in [1.54, 1.807) is 11.8 Å². The zero-order valence-corrected chi connectivity index (χ0v) is 8.15. The molecule has 0 fully saturated rings. The third-order valence-electron chi connectivity index (χ3n) is 1.78. The minimum absolute atomic E-state index is 0.523. The standard InChI is InChI=1S/C10H12OS/c1-8-7-9(5-6-11)3-4-10(8)12-2/h3-4,6-7H,5H2,1-2H3. The van der Waals surface area contributed by atoms with E-state index in [4.69, 9.17) is 0 Å². The molecule has 0 N–H and O–H groups in total. The molecule has 0 saturated heterocycles. The van der Waals surface area contributed by atoms with E-state index >= 15 is 0 Å². The van der Waals surface area contributed by atoms with Crippen LogP contribution in [0.25, 0.3) is 0 Å². The maximum atomic E-state index is 10.2. The van der Waals surface area contributed by atoms with Gasteiger partial charge in [-0.3, -0.25) is 0 Å². The quantitative estimate of drug-likeness (QED) is 0.525. The van der Waals surface area contributed by atoms with Crippen LogP contribution in [0.2, 0.25) is 0 Å². The van der Waals surface area contributed by atoms with Crippen molar-refractivity contribution >= 4 is 18.0 Å². The molecule has 1 aromatic rings. The number of benzene rings is 1. The van der Waals surface area contributed by atoms with Gasteiger partial charge in [0.2, 0.25) is 0 Å². The highest BCUT2D eigenvalue weighted by molar-refractivity contribution is 7.98. The van der Waals surface area contributed by atoms with Crippen LogP contribution < -0.4 is 0 Å². The molecule has 0 aliphatic carbocycles. The first kappa shape index (κ1) is 9.33. The fourth-order valence-electron chi connectivity index (χ4n) is 1.16. The van der Waals surface area contributed by atoms with Gasteiger partial charge in [-0.25, -0.2) is 0 Å². The second-order valence-electron chi connectivity index (χ2n) is 2.67. The second kappa shape index (κ2) is 4.31. The predicted molar refractivity (Wildman–Crippen MR) is 52.7 cm³/mol. The second-order valence-corrected chi connectivity index (χ2v) is 3.52. The Morgan fingerprint density at radius 2 is 2.25 bits per heavy atom. The van der Waals surface area contributed by atoms with Crippen LogP contribution in [0.4, 0.5) is 0 Å². The number of thioether (sulfide) groups is 1. The van der Waals surface area contributed by atoms with E-state index < -0.39 is 0 Å². The summed E-state index contributed by atoms with van der Waals surface area (Å²) < 4.78 is 0. The van der Waals surface area contributed by atoms with Gasteiger partial charge in [-0.05, 0) is 30.4 Å². The first-order valence-corrected chi connectivity index (χ1v) is 5.07. The average molecular weight is 180 g/mol. The van der Waals surface area contributed by atoms with Crippen LogP contribution >= 0.6 is 11.8 Å². The Morgan fingerprint density at radius 1 is 1.50 bits per heavy atom. The summed E-state index contributed by atoms with van der Waals surface area (Å²) in [5.74, 6) is 0. The molecular weight excluding hydrogens is 168 g/mol. The van der Waals surface area contributed by atoms with E-state index in [-0.39, 0.29) is 0 Å². The molecule has 0 unspecified atom stereocenters. The van der Waals surface area contributed by atoms with Gasteiger partial charge >= 0.3 is 0 Å². The van der Waals surface area contributed by atoms with Gasteiger partial charge in [0.15, 0.2) is 0 Å². The van der Waals surface area contributed by atoms with Crippen LogP contribution in [0.15, 0.2) is 23.1 Å². The molecule has 1 aromatic carbocycles. The SMILES string of the molecule is CSc1ccc(CC=O)cc1C. The maximum Gasteiger partial charge on any atom is 0.124 e.